The van der Waals surface area contributed by atoms with Gasteiger partial charge in [0.15, 0.2) is 0 Å². The summed E-state index contributed by atoms with van der Waals surface area (Å²) in [6, 6.07) is 4.90. The number of carbonyl (C=O) groups is 2. The van der Waals surface area contributed by atoms with Crippen LogP contribution in [0.15, 0.2) is 17.2 Å². The molecule has 4 N–H and O–H groups in total. The number of nitrogens with one attached hydrogen (secondary N) is 3. The molecule has 0 unspecified atom stereocenters. The van der Waals surface area contributed by atoms with Crippen molar-refractivity contribution >= 4 is 34.8 Å². The molecule has 0 atom stereocenters. The predicted molar refractivity (Wildman–Crippen MR) is 69.7 cm³/mol. The maximum atomic E-state index is 11.9. The first-order valence-electron chi connectivity index (χ1n) is 5.53. The molecule has 98 valence electrons. The normalized spacial score (nSPS) is 12.7. The van der Waals surface area contributed by atoms with Gasteiger partial charge in [0.25, 0.3) is 5.91 Å². The molecule has 1 aromatic carbocycles. The van der Waals surface area contributed by atoms with E-state index in [2.05, 4.69) is 20.8 Å². The number of aromatic nitrogens is 1. The molecule has 0 saturated heterocycles. The van der Waals surface area contributed by atoms with Gasteiger partial charge < -0.3 is 10.1 Å². The monoisotopic (exact) mass is 269 g/mol. The molecule has 1 aromatic heterocycles. The van der Waals surface area contributed by atoms with Gasteiger partial charge in [-0.25, -0.2) is 10.2 Å². The third-order valence-electron chi connectivity index (χ3n) is 2.90. The van der Waals surface area contributed by atoms with E-state index in [-0.39, 0.29) is 16.9 Å². The van der Waals surface area contributed by atoms with Crippen molar-refractivity contribution in [1.82, 2.24) is 10.4 Å². The number of anilines is 1. The van der Waals surface area contributed by atoms with E-state index in [1.807, 2.05) is 6.07 Å². The summed E-state index contributed by atoms with van der Waals surface area (Å²) < 4.78 is 0. The molecule has 0 saturated carbocycles. The van der Waals surface area contributed by atoms with Crippen LogP contribution in [0.4, 0.5) is 10.5 Å². The number of carboxylic acid groups (broad SMARTS) is 1. The highest BCUT2D eigenvalue weighted by molar-refractivity contribution is 6.16. The molecule has 8 heteroatoms. The van der Waals surface area contributed by atoms with Crippen molar-refractivity contribution < 1.29 is 14.7 Å². The molecule has 2 aromatic rings. The molecule has 2 amide bonds. The van der Waals surface area contributed by atoms with E-state index in [1.54, 1.807) is 0 Å². The number of amides is 2. The van der Waals surface area contributed by atoms with Gasteiger partial charge in [-0.1, -0.05) is 0 Å². The van der Waals surface area contributed by atoms with Gasteiger partial charge >= 0.3 is 6.09 Å². The minimum absolute atomic E-state index is 0.231. The van der Waals surface area contributed by atoms with E-state index in [1.165, 1.54) is 18.3 Å². The standard InChI is InChI=1S/C12H7N5O3/c13-3-9-7-4-14-17-11(18)6-1-5(15-12(19)20)2-8(16-9)10(6)7/h1-2,4,15-16H,(H,17,18)(H,19,20). The van der Waals surface area contributed by atoms with Crippen molar-refractivity contribution in [2.45, 2.75) is 0 Å². The van der Waals surface area contributed by atoms with E-state index >= 15 is 0 Å². The summed E-state index contributed by atoms with van der Waals surface area (Å²) in [5, 5.41) is 24.3. The molecule has 2 heterocycles. The molecule has 0 spiro atoms. The lowest BCUT2D eigenvalue weighted by Crippen LogP contribution is -2.17. The summed E-state index contributed by atoms with van der Waals surface area (Å²) in [5.41, 5.74) is 4.02. The molecule has 1 aliphatic heterocycles. The molecule has 20 heavy (non-hydrogen) atoms. The van der Waals surface area contributed by atoms with Crippen LogP contribution in [0.3, 0.4) is 0 Å². The number of hydrogen-bond acceptors (Lipinski definition) is 4. The lowest BCUT2D eigenvalue weighted by molar-refractivity contribution is 0.0957. The Labute approximate surface area is 111 Å². The Bertz CT molecular complexity index is 828. The number of hydrazone groups is 1. The van der Waals surface area contributed by atoms with Gasteiger partial charge in [0.1, 0.15) is 11.8 Å². The van der Waals surface area contributed by atoms with Crippen molar-refractivity contribution in [3.8, 4) is 6.07 Å². The Morgan fingerprint density at radius 3 is 2.95 bits per heavy atom. The quantitative estimate of drug-likeness (QED) is 0.619. The number of rotatable bonds is 1. The van der Waals surface area contributed by atoms with Gasteiger partial charge in [-0.15, -0.1) is 0 Å². The van der Waals surface area contributed by atoms with Gasteiger partial charge in [-0.2, -0.15) is 10.4 Å². The second-order valence-electron chi connectivity index (χ2n) is 4.10. The van der Waals surface area contributed by atoms with Gasteiger partial charge in [-0.3, -0.25) is 10.1 Å². The highest BCUT2D eigenvalue weighted by Crippen LogP contribution is 2.29. The number of H-pyrrole nitrogens is 1. The topological polar surface area (TPSA) is 130 Å². The largest absolute Gasteiger partial charge is 0.465 e. The molecule has 1 aliphatic rings. The Kier molecular flexibility index (Phi) is 2.40. The van der Waals surface area contributed by atoms with Crippen LogP contribution in [0.2, 0.25) is 0 Å². The van der Waals surface area contributed by atoms with Crippen LogP contribution in [-0.4, -0.2) is 28.3 Å². The van der Waals surface area contributed by atoms with Crippen LogP contribution in [0, 0.1) is 11.3 Å². The second-order valence-corrected chi connectivity index (χ2v) is 4.10. The second kappa shape index (κ2) is 4.10. The molecular formula is C12H7N5O3. The zero-order valence-electron chi connectivity index (χ0n) is 9.89. The first-order valence-corrected chi connectivity index (χ1v) is 5.53. The lowest BCUT2D eigenvalue weighted by atomic mass is 10.0. The maximum Gasteiger partial charge on any atom is 0.409 e. The molecule has 0 radical (unpaired) electrons. The van der Waals surface area contributed by atoms with Crippen LogP contribution in [0.5, 0.6) is 0 Å². The Hall–Kier alpha value is -3.34. The van der Waals surface area contributed by atoms with E-state index in [0.29, 0.717) is 16.5 Å². The number of aromatic amines is 1. The van der Waals surface area contributed by atoms with E-state index in [9.17, 15) is 9.59 Å². The lowest BCUT2D eigenvalue weighted by Gasteiger charge is -2.05. The highest BCUT2D eigenvalue weighted by atomic mass is 16.4. The number of hydrogen-bond donors (Lipinski definition) is 4. The fraction of sp³-hybridized carbons (Fsp3) is 0. The summed E-state index contributed by atoms with van der Waals surface area (Å²) in [6.45, 7) is 0. The Balaban J connectivity index is 2.35. The third kappa shape index (κ3) is 1.65. The van der Waals surface area contributed by atoms with Crippen molar-refractivity contribution in [1.29, 1.82) is 5.26 Å². The molecule has 3 rings (SSSR count). The molecule has 8 nitrogen and oxygen atoms in total. The van der Waals surface area contributed by atoms with Gasteiger partial charge in [-0.05, 0) is 12.1 Å². The molecule has 0 fully saturated rings. The van der Waals surface area contributed by atoms with Crippen molar-refractivity contribution in [3.05, 3.63) is 29.0 Å². The van der Waals surface area contributed by atoms with Crippen LogP contribution in [-0.2, 0) is 0 Å². The van der Waals surface area contributed by atoms with Crippen molar-refractivity contribution in [2.24, 2.45) is 5.10 Å². The van der Waals surface area contributed by atoms with E-state index in [0.717, 1.165) is 0 Å². The van der Waals surface area contributed by atoms with E-state index in [4.69, 9.17) is 10.4 Å². The van der Waals surface area contributed by atoms with Crippen LogP contribution in [0.25, 0.3) is 10.9 Å². The summed E-state index contributed by atoms with van der Waals surface area (Å²) >= 11 is 0. The fourth-order valence-corrected chi connectivity index (χ4v) is 2.17. The minimum atomic E-state index is -1.24. The van der Waals surface area contributed by atoms with Gasteiger partial charge in [0, 0.05) is 22.2 Å². The molecular weight excluding hydrogens is 262 g/mol. The SMILES string of the molecule is N#Cc1[nH]c2cc(NC(=O)O)cc3c2c1C=NNC3=O. The zero-order valence-corrected chi connectivity index (χ0v) is 9.89. The Morgan fingerprint density at radius 2 is 2.25 bits per heavy atom. The van der Waals surface area contributed by atoms with E-state index < -0.39 is 12.0 Å². The van der Waals surface area contributed by atoms with Crippen LogP contribution in [0.1, 0.15) is 21.6 Å². The first kappa shape index (κ1) is 11.7. The number of nitriles is 1. The fourth-order valence-electron chi connectivity index (χ4n) is 2.17. The summed E-state index contributed by atoms with van der Waals surface area (Å²) in [7, 11) is 0. The third-order valence-corrected chi connectivity index (χ3v) is 2.90. The summed E-state index contributed by atoms with van der Waals surface area (Å²) in [4.78, 5) is 25.5. The number of benzene rings is 1. The number of carbonyl (C=O) groups excluding carboxylic acids is 1. The van der Waals surface area contributed by atoms with Crippen molar-refractivity contribution in [2.75, 3.05) is 5.32 Å². The summed E-state index contributed by atoms with van der Waals surface area (Å²) in [5.74, 6) is -0.470. The highest BCUT2D eigenvalue weighted by Gasteiger charge is 2.21. The van der Waals surface area contributed by atoms with Gasteiger partial charge in [0.2, 0.25) is 0 Å². The van der Waals surface area contributed by atoms with Crippen LogP contribution >= 0.6 is 0 Å². The predicted octanol–water partition coefficient (Wildman–Crippen LogP) is 1.21. The Morgan fingerprint density at radius 1 is 1.45 bits per heavy atom. The molecule has 0 bridgehead atoms. The van der Waals surface area contributed by atoms with Crippen LogP contribution < -0.4 is 10.7 Å². The van der Waals surface area contributed by atoms with Crippen molar-refractivity contribution in [3.63, 3.8) is 0 Å². The smallest absolute Gasteiger partial charge is 0.409 e. The first-order chi connectivity index (χ1) is 9.60. The maximum absolute atomic E-state index is 11.9. The minimum Gasteiger partial charge on any atom is -0.465 e. The molecule has 0 aliphatic carbocycles. The average Bonchev–Trinajstić information content (AvgIpc) is 2.65. The zero-order chi connectivity index (χ0) is 14.3. The summed E-state index contributed by atoms with van der Waals surface area (Å²) in [6.07, 6.45) is 0.143. The van der Waals surface area contributed by atoms with Gasteiger partial charge in [0.05, 0.1) is 11.8 Å². The number of nitrogens with zero attached hydrogens (tertiary/aromatic N) is 2. The average molecular weight is 269 g/mol.